The van der Waals surface area contributed by atoms with E-state index in [2.05, 4.69) is 15.0 Å². The van der Waals surface area contributed by atoms with Crippen LogP contribution in [-0.4, -0.2) is 15.0 Å². The summed E-state index contributed by atoms with van der Waals surface area (Å²) in [4.78, 5) is 12.1. The van der Waals surface area contributed by atoms with Gasteiger partial charge < -0.3 is 0 Å². The lowest BCUT2D eigenvalue weighted by molar-refractivity contribution is 1.04. The summed E-state index contributed by atoms with van der Waals surface area (Å²) >= 11 is 14.5. The molecule has 0 bridgehead atoms. The van der Waals surface area contributed by atoms with E-state index in [4.69, 9.17) is 23.2 Å². The molecule has 2 rings (SSSR count). The Bertz CT molecular complexity index is 486. The minimum atomic E-state index is 0.190. The minimum Gasteiger partial charge on any atom is -0.235 e. The number of halogens is 2. The third-order valence-corrected chi connectivity index (χ3v) is 4.10. The maximum absolute atomic E-state index is 5.93. The van der Waals surface area contributed by atoms with E-state index in [0.29, 0.717) is 10.0 Å². The first-order chi connectivity index (χ1) is 7.15. The van der Waals surface area contributed by atoms with E-state index in [9.17, 15) is 0 Å². The molecule has 0 atom stereocenters. The molecule has 2 heterocycles. The Labute approximate surface area is 105 Å². The number of nitrogens with zero attached hydrogens (tertiary/aromatic N) is 3. The maximum atomic E-state index is 5.93. The van der Waals surface area contributed by atoms with Crippen molar-refractivity contribution in [2.45, 2.75) is 16.3 Å². The van der Waals surface area contributed by atoms with Crippen molar-refractivity contribution in [3.05, 3.63) is 27.6 Å². The van der Waals surface area contributed by atoms with Crippen molar-refractivity contribution in [1.29, 1.82) is 0 Å². The summed E-state index contributed by atoms with van der Waals surface area (Å²) in [6.07, 6.45) is 1.49. The second-order valence-corrected chi connectivity index (χ2v) is 5.49. The average Bonchev–Trinajstić information content (AvgIpc) is 2.58. The maximum Gasteiger partial charge on any atom is 0.223 e. The molecule has 2 aromatic heterocycles. The van der Waals surface area contributed by atoms with E-state index in [1.54, 1.807) is 11.3 Å². The number of hydrogen-bond donors (Lipinski definition) is 0. The van der Waals surface area contributed by atoms with Gasteiger partial charge in [-0.3, -0.25) is 0 Å². The zero-order valence-corrected chi connectivity index (χ0v) is 10.7. The summed E-state index contributed by atoms with van der Waals surface area (Å²) in [6.45, 7) is 1.94. The van der Waals surface area contributed by atoms with Gasteiger partial charge in [0.05, 0.1) is 11.2 Å². The zero-order chi connectivity index (χ0) is 10.8. The normalized spacial score (nSPS) is 10.6. The predicted octanol–water partition coefficient (Wildman–Crippen LogP) is 3.70. The molecule has 0 aliphatic rings. The van der Waals surface area contributed by atoms with Gasteiger partial charge in [-0.15, -0.1) is 11.3 Å². The van der Waals surface area contributed by atoms with Crippen LogP contribution in [0.1, 0.15) is 5.69 Å². The van der Waals surface area contributed by atoms with Crippen LogP contribution in [0.25, 0.3) is 0 Å². The summed E-state index contributed by atoms with van der Waals surface area (Å²) in [5.74, 6) is 0. The molecule has 0 aromatic carbocycles. The number of aryl methyl sites for hydroxylation is 1. The van der Waals surface area contributed by atoms with Gasteiger partial charge in [-0.25, -0.2) is 15.0 Å². The van der Waals surface area contributed by atoms with Crippen molar-refractivity contribution >= 4 is 46.3 Å². The average molecular weight is 278 g/mol. The first-order valence-electron chi connectivity index (χ1n) is 3.93. The third kappa shape index (κ3) is 2.81. The molecule has 0 fully saturated rings. The fourth-order valence-corrected chi connectivity index (χ4v) is 2.99. The molecule has 0 amide bonds. The third-order valence-electron chi connectivity index (χ3n) is 1.46. The Morgan fingerprint density at radius 3 is 2.80 bits per heavy atom. The van der Waals surface area contributed by atoms with Crippen molar-refractivity contribution in [2.75, 3.05) is 0 Å². The Balaban J connectivity index is 2.27. The summed E-state index contributed by atoms with van der Waals surface area (Å²) < 4.78 is 0.893. The highest BCUT2D eigenvalue weighted by molar-refractivity contribution is 8.01. The Morgan fingerprint density at radius 1 is 1.33 bits per heavy atom. The van der Waals surface area contributed by atoms with Crippen molar-refractivity contribution < 1.29 is 0 Å². The van der Waals surface area contributed by atoms with Crippen LogP contribution in [0, 0.1) is 6.92 Å². The number of hydrogen-bond acceptors (Lipinski definition) is 5. The van der Waals surface area contributed by atoms with E-state index >= 15 is 0 Å². The lowest BCUT2D eigenvalue weighted by atomic mass is 10.6. The molecular weight excluding hydrogens is 273 g/mol. The summed E-state index contributed by atoms with van der Waals surface area (Å²) in [6, 6.07) is 0. The molecule has 15 heavy (non-hydrogen) atoms. The van der Waals surface area contributed by atoms with Gasteiger partial charge in [0.25, 0.3) is 0 Å². The van der Waals surface area contributed by atoms with Gasteiger partial charge in [-0.05, 0) is 30.3 Å². The van der Waals surface area contributed by atoms with Gasteiger partial charge in [0, 0.05) is 11.1 Å². The van der Waals surface area contributed by atoms with Crippen LogP contribution in [-0.2, 0) is 0 Å². The quantitative estimate of drug-likeness (QED) is 0.620. The molecule has 3 nitrogen and oxygen atoms in total. The van der Waals surface area contributed by atoms with Crippen LogP contribution >= 0.6 is 46.3 Å². The van der Waals surface area contributed by atoms with Crippen molar-refractivity contribution in [3.8, 4) is 0 Å². The fourth-order valence-electron chi connectivity index (χ4n) is 0.865. The predicted molar refractivity (Wildman–Crippen MR) is 63.0 cm³/mol. The van der Waals surface area contributed by atoms with Crippen LogP contribution in [0.4, 0.5) is 0 Å². The van der Waals surface area contributed by atoms with Crippen LogP contribution in [0.2, 0.25) is 10.3 Å². The van der Waals surface area contributed by atoms with E-state index in [1.165, 1.54) is 18.0 Å². The summed E-state index contributed by atoms with van der Waals surface area (Å²) in [5.41, 5.74) is 0.985. The second-order valence-electron chi connectivity index (χ2n) is 2.65. The second kappa shape index (κ2) is 4.65. The fraction of sp³-hybridized carbons (Fsp3) is 0.125. The molecule has 7 heteroatoms. The molecule has 0 saturated carbocycles. The molecule has 0 saturated heterocycles. The van der Waals surface area contributed by atoms with E-state index < -0.39 is 0 Å². The lowest BCUT2D eigenvalue weighted by Crippen LogP contribution is -1.86. The van der Waals surface area contributed by atoms with Gasteiger partial charge in [-0.2, -0.15) is 0 Å². The lowest BCUT2D eigenvalue weighted by Gasteiger charge is -1.99. The minimum absolute atomic E-state index is 0.190. The van der Waals surface area contributed by atoms with Crippen LogP contribution in [0.15, 0.2) is 20.9 Å². The number of thiazole rings is 1. The van der Waals surface area contributed by atoms with Gasteiger partial charge in [0.1, 0.15) is 5.03 Å². The van der Waals surface area contributed by atoms with Crippen molar-refractivity contribution in [2.24, 2.45) is 0 Å². The van der Waals surface area contributed by atoms with Crippen molar-refractivity contribution in [1.82, 2.24) is 15.0 Å². The summed E-state index contributed by atoms with van der Waals surface area (Å²) in [7, 11) is 0. The van der Waals surface area contributed by atoms with Crippen LogP contribution in [0.5, 0.6) is 0 Å². The molecule has 0 aliphatic heterocycles. The largest absolute Gasteiger partial charge is 0.235 e. The molecule has 0 N–H and O–H groups in total. The highest BCUT2D eigenvalue weighted by atomic mass is 35.5. The number of aromatic nitrogens is 3. The Kier molecular flexibility index (Phi) is 3.45. The Hall–Kier alpha value is -0.360. The Morgan fingerprint density at radius 2 is 2.13 bits per heavy atom. The number of rotatable bonds is 2. The van der Waals surface area contributed by atoms with Gasteiger partial charge in [0.15, 0.2) is 4.34 Å². The van der Waals surface area contributed by atoms with E-state index in [-0.39, 0.29) is 5.28 Å². The molecule has 0 radical (unpaired) electrons. The SMILES string of the molecule is Cc1csc(Sc2nc(Cl)ncc2Cl)n1. The van der Waals surface area contributed by atoms with Gasteiger partial charge >= 0.3 is 0 Å². The molecule has 2 aromatic rings. The zero-order valence-electron chi connectivity index (χ0n) is 7.57. The van der Waals surface area contributed by atoms with Gasteiger partial charge in [0.2, 0.25) is 5.28 Å². The van der Waals surface area contributed by atoms with E-state index in [1.807, 2.05) is 12.3 Å². The van der Waals surface area contributed by atoms with Gasteiger partial charge in [-0.1, -0.05) is 11.6 Å². The monoisotopic (exact) mass is 277 g/mol. The molecule has 0 spiro atoms. The highest BCUT2D eigenvalue weighted by Gasteiger charge is 2.08. The smallest absolute Gasteiger partial charge is 0.223 e. The van der Waals surface area contributed by atoms with Crippen molar-refractivity contribution in [3.63, 3.8) is 0 Å². The summed E-state index contributed by atoms with van der Waals surface area (Å²) in [5, 5.41) is 3.28. The van der Waals surface area contributed by atoms with Crippen LogP contribution in [0.3, 0.4) is 0 Å². The molecule has 78 valence electrons. The molecule has 0 unspecified atom stereocenters. The first kappa shape index (κ1) is 11.1. The highest BCUT2D eigenvalue weighted by Crippen LogP contribution is 2.33. The topological polar surface area (TPSA) is 38.7 Å². The molecular formula is C8H5Cl2N3S2. The van der Waals surface area contributed by atoms with E-state index in [0.717, 1.165) is 10.0 Å². The first-order valence-corrected chi connectivity index (χ1v) is 6.38. The van der Waals surface area contributed by atoms with Crippen LogP contribution < -0.4 is 0 Å². The molecule has 0 aliphatic carbocycles. The standard InChI is InChI=1S/C8H5Cl2N3S2/c1-4-3-14-8(12-4)15-6-5(9)2-11-7(10)13-6/h2-3H,1H3.